The zero-order valence-electron chi connectivity index (χ0n) is 13.4. The maximum Gasteiger partial charge on any atom is 0.237 e. The van der Waals surface area contributed by atoms with Crippen molar-refractivity contribution in [1.82, 2.24) is 9.55 Å². The number of aromatic nitrogens is 2. The number of imidazole rings is 1. The standard InChI is InChI=1S/C19H16FN3OS/c20-15-5-7-16(8-6-15)22-12-10-21-19(22)25-13-18(24)23-11-9-14-3-1-2-4-17(14)23/h1-8,10,12H,9,11,13H2. The number of thioether (sulfide) groups is 1. The van der Waals surface area contributed by atoms with Gasteiger partial charge in [-0.05, 0) is 42.3 Å². The molecule has 4 rings (SSSR count). The molecule has 0 saturated heterocycles. The second kappa shape index (κ2) is 6.72. The summed E-state index contributed by atoms with van der Waals surface area (Å²) in [5, 5.41) is 0.715. The Morgan fingerprint density at radius 2 is 1.96 bits per heavy atom. The first-order valence-electron chi connectivity index (χ1n) is 8.03. The van der Waals surface area contributed by atoms with Gasteiger partial charge in [0.05, 0.1) is 5.75 Å². The number of carbonyl (C=O) groups excluding carboxylic acids is 1. The summed E-state index contributed by atoms with van der Waals surface area (Å²) in [5.41, 5.74) is 3.05. The van der Waals surface area contributed by atoms with Gasteiger partial charge >= 0.3 is 0 Å². The average Bonchev–Trinajstić information content (AvgIpc) is 3.27. The highest BCUT2D eigenvalue weighted by molar-refractivity contribution is 7.99. The fourth-order valence-corrected chi connectivity index (χ4v) is 3.85. The summed E-state index contributed by atoms with van der Waals surface area (Å²) in [6.07, 6.45) is 4.39. The van der Waals surface area contributed by atoms with Crippen LogP contribution in [-0.4, -0.2) is 27.8 Å². The molecule has 3 aromatic rings. The zero-order chi connectivity index (χ0) is 17.2. The van der Waals surface area contributed by atoms with Crippen molar-refractivity contribution in [2.45, 2.75) is 11.6 Å². The zero-order valence-corrected chi connectivity index (χ0v) is 14.2. The topological polar surface area (TPSA) is 38.1 Å². The molecule has 0 radical (unpaired) electrons. The van der Waals surface area contributed by atoms with E-state index in [1.807, 2.05) is 33.9 Å². The highest BCUT2D eigenvalue weighted by Gasteiger charge is 2.24. The number of halogens is 1. The van der Waals surface area contributed by atoms with Crippen molar-refractivity contribution in [3.63, 3.8) is 0 Å². The molecule has 1 amide bonds. The van der Waals surface area contributed by atoms with E-state index in [0.29, 0.717) is 10.9 Å². The molecular weight excluding hydrogens is 337 g/mol. The number of nitrogens with zero attached hydrogens (tertiary/aromatic N) is 3. The molecule has 4 nitrogen and oxygen atoms in total. The summed E-state index contributed by atoms with van der Waals surface area (Å²) in [6.45, 7) is 0.727. The molecule has 0 spiro atoms. The molecule has 25 heavy (non-hydrogen) atoms. The lowest BCUT2D eigenvalue weighted by Gasteiger charge is -2.17. The van der Waals surface area contributed by atoms with Gasteiger partial charge in [-0.3, -0.25) is 9.36 Å². The van der Waals surface area contributed by atoms with E-state index in [4.69, 9.17) is 0 Å². The molecule has 2 aromatic carbocycles. The lowest BCUT2D eigenvalue weighted by Crippen LogP contribution is -2.30. The number of amides is 1. The van der Waals surface area contributed by atoms with Gasteiger partial charge in [-0.15, -0.1) is 0 Å². The molecule has 0 unspecified atom stereocenters. The maximum absolute atomic E-state index is 13.1. The van der Waals surface area contributed by atoms with E-state index in [-0.39, 0.29) is 11.7 Å². The van der Waals surface area contributed by atoms with Crippen LogP contribution in [0.3, 0.4) is 0 Å². The van der Waals surface area contributed by atoms with E-state index in [1.54, 1.807) is 18.3 Å². The fraction of sp³-hybridized carbons (Fsp3) is 0.158. The third-order valence-electron chi connectivity index (χ3n) is 4.22. The first-order chi connectivity index (χ1) is 12.2. The molecule has 0 saturated carbocycles. The predicted molar refractivity (Wildman–Crippen MR) is 96.7 cm³/mol. The minimum absolute atomic E-state index is 0.0728. The minimum Gasteiger partial charge on any atom is -0.311 e. The third kappa shape index (κ3) is 3.17. The molecule has 1 aromatic heterocycles. The number of anilines is 1. The van der Waals surface area contributed by atoms with E-state index < -0.39 is 0 Å². The monoisotopic (exact) mass is 353 g/mol. The molecular formula is C19H16FN3OS. The van der Waals surface area contributed by atoms with E-state index in [0.717, 1.165) is 24.3 Å². The smallest absolute Gasteiger partial charge is 0.237 e. The van der Waals surface area contributed by atoms with Crippen LogP contribution < -0.4 is 4.90 Å². The Morgan fingerprint density at radius 3 is 2.80 bits per heavy atom. The lowest BCUT2D eigenvalue weighted by molar-refractivity contribution is -0.116. The summed E-state index contributed by atoms with van der Waals surface area (Å²) >= 11 is 1.39. The van der Waals surface area contributed by atoms with Gasteiger partial charge in [0.25, 0.3) is 0 Å². The predicted octanol–water partition coefficient (Wildman–Crippen LogP) is 3.69. The number of rotatable bonds is 4. The molecule has 0 aliphatic carbocycles. The van der Waals surface area contributed by atoms with Gasteiger partial charge < -0.3 is 4.90 Å². The maximum atomic E-state index is 13.1. The number of benzene rings is 2. The third-order valence-corrected chi connectivity index (χ3v) is 5.18. The van der Waals surface area contributed by atoms with Crippen molar-refractivity contribution < 1.29 is 9.18 Å². The van der Waals surface area contributed by atoms with Crippen molar-refractivity contribution in [2.75, 3.05) is 17.2 Å². The van der Waals surface area contributed by atoms with Crippen molar-refractivity contribution in [1.29, 1.82) is 0 Å². The number of carbonyl (C=O) groups is 1. The van der Waals surface area contributed by atoms with Crippen molar-refractivity contribution in [3.8, 4) is 5.69 Å². The number of hydrogen-bond acceptors (Lipinski definition) is 3. The van der Waals surface area contributed by atoms with Crippen LogP contribution in [0.2, 0.25) is 0 Å². The van der Waals surface area contributed by atoms with Crippen LogP contribution in [0, 0.1) is 5.82 Å². The molecule has 0 bridgehead atoms. The van der Waals surface area contributed by atoms with Crippen LogP contribution in [0.4, 0.5) is 10.1 Å². The molecule has 0 atom stereocenters. The highest BCUT2D eigenvalue weighted by atomic mass is 32.2. The minimum atomic E-state index is -0.277. The van der Waals surface area contributed by atoms with Gasteiger partial charge in [0, 0.05) is 30.3 Å². The quantitative estimate of drug-likeness (QED) is 0.672. The Bertz CT molecular complexity index is 907. The lowest BCUT2D eigenvalue weighted by atomic mass is 10.2. The summed E-state index contributed by atoms with van der Waals surface area (Å²) in [7, 11) is 0. The Hall–Kier alpha value is -2.60. The van der Waals surface area contributed by atoms with Gasteiger partial charge in [0.1, 0.15) is 5.82 Å². The van der Waals surface area contributed by atoms with Gasteiger partial charge in [-0.25, -0.2) is 9.37 Å². The summed E-state index contributed by atoms with van der Waals surface area (Å²) in [6, 6.07) is 14.2. The van der Waals surface area contributed by atoms with Gasteiger partial charge in [-0.1, -0.05) is 30.0 Å². The second-order valence-electron chi connectivity index (χ2n) is 5.77. The van der Waals surface area contributed by atoms with Crippen LogP contribution >= 0.6 is 11.8 Å². The van der Waals surface area contributed by atoms with E-state index >= 15 is 0 Å². The van der Waals surface area contributed by atoms with Crippen LogP contribution in [0.15, 0.2) is 66.1 Å². The Morgan fingerprint density at radius 1 is 1.16 bits per heavy atom. The first-order valence-corrected chi connectivity index (χ1v) is 9.01. The van der Waals surface area contributed by atoms with Crippen LogP contribution in [0.1, 0.15) is 5.56 Å². The molecule has 0 fully saturated rings. The van der Waals surface area contributed by atoms with Crippen LogP contribution in [0.5, 0.6) is 0 Å². The first kappa shape index (κ1) is 15.9. The van der Waals surface area contributed by atoms with Gasteiger partial charge in [0.2, 0.25) is 5.91 Å². The summed E-state index contributed by atoms with van der Waals surface area (Å²) in [4.78, 5) is 18.8. The largest absolute Gasteiger partial charge is 0.311 e. The molecule has 1 aliphatic rings. The molecule has 126 valence electrons. The Labute approximate surface area is 149 Å². The number of para-hydroxylation sites is 1. The van der Waals surface area contributed by atoms with Gasteiger partial charge in [0.15, 0.2) is 5.16 Å². The van der Waals surface area contributed by atoms with E-state index in [1.165, 1.54) is 29.5 Å². The normalized spacial score (nSPS) is 13.1. The van der Waals surface area contributed by atoms with Gasteiger partial charge in [-0.2, -0.15) is 0 Å². The SMILES string of the molecule is O=C(CSc1nccn1-c1ccc(F)cc1)N1CCc2ccccc21. The van der Waals surface area contributed by atoms with Crippen molar-refractivity contribution in [3.05, 3.63) is 72.3 Å². The van der Waals surface area contributed by atoms with Crippen molar-refractivity contribution in [2.24, 2.45) is 0 Å². The highest BCUT2D eigenvalue weighted by Crippen LogP contribution is 2.29. The molecule has 2 heterocycles. The molecule has 0 N–H and O–H groups in total. The number of hydrogen-bond donors (Lipinski definition) is 0. The summed E-state index contributed by atoms with van der Waals surface area (Å²) < 4.78 is 15.0. The van der Waals surface area contributed by atoms with E-state index in [2.05, 4.69) is 11.1 Å². The van der Waals surface area contributed by atoms with Crippen LogP contribution in [0.25, 0.3) is 5.69 Å². The molecule has 1 aliphatic heterocycles. The summed E-state index contributed by atoms with van der Waals surface area (Å²) in [5.74, 6) is 0.108. The Balaban J connectivity index is 1.47. The van der Waals surface area contributed by atoms with Crippen molar-refractivity contribution >= 4 is 23.4 Å². The number of fused-ring (bicyclic) bond motifs is 1. The second-order valence-corrected chi connectivity index (χ2v) is 6.71. The van der Waals surface area contributed by atoms with E-state index in [9.17, 15) is 9.18 Å². The van der Waals surface area contributed by atoms with Crippen LogP contribution in [-0.2, 0) is 11.2 Å². The Kier molecular flexibility index (Phi) is 4.28. The average molecular weight is 353 g/mol. The fourth-order valence-electron chi connectivity index (χ4n) is 3.00. The molecule has 6 heteroatoms.